The fourth-order valence-electron chi connectivity index (χ4n) is 1.61. The number of nitrogens with zero attached hydrogens (tertiary/aromatic N) is 4. The third kappa shape index (κ3) is 2.47. The van der Waals surface area contributed by atoms with Crippen molar-refractivity contribution in [1.29, 1.82) is 0 Å². The minimum absolute atomic E-state index is 0.254. The van der Waals surface area contributed by atoms with Crippen molar-refractivity contribution in [2.75, 3.05) is 5.43 Å². The standard InChI is InChI=1S/C10H13N7OS/c1-17-9(18)15-16-10(17)19-7-4-6(14-11)12-8(13-7)5-2-3-5/h4-5H,2-3,11H2,1H3,(H,15,18)(H,12,13,14). The number of aromatic nitrogens is 5. The van der Waals surface area contributed by atoms with Gasteiger partial charge in [0.25, 0.3) is 0 Å². The molecule has 0 radical (unpaired) electrons. The van der Waals surface area contributed by atoms with Crippen LogP contribution in [0.3, 0.4) is 0 Å². The zero-order valence-corrected chi connectivity index (χ0v) is 11.1. The van der Waals surface area contributed by atoms with E-state index in [1.54, 1.807) is 13.1 Å². The number of anilines is 1. The quantitative estimate of drug-likeness (QED) is 0.416. The largest absolute Gasteiger partial charge is 0.343 e. The summed E-state index contributed by atoms with van der Waals surface area (Å²) in [5.74, 6) is 7.20. The number of rotatable bonds is 4. The first kappa shape index (κ1) is 12.2. The molecule has 4 N–H and O–H groups in total. The highest BCUT2D eigenvalue weighted by Crippen LogP contribution is 2.39. The predicted molar refractivity (Wildman–Crippen MR) is 69.8 cm³/mol. The Bertz CT molecular complexity index is 660. The van der Waals surface area contributed by atoms with E-state index in [1.807, 2.05) is 0 Å². The summed E-state index contributed by atoms with van der Waals surface area (Å²) < 4.78 is 1.43. The van der Waals surface area contributed by atoms with Gasteiger partial charge in [-0.2, -0.15) is 0 Å². The van der Waals surface area contributed by atoms with Crippen LogP contribution in [0.2, 0.25) is 0 Å². The van der Waals surface area contributed by atoms with Gasteiger partial charge in [0, 0.05) is 19.0 Å². The fourth-order valence-corrected chi connectivity index (χ4v) is 2.42. The molecule has 0 unspecified atom stereocenters. The first-order valence-electron chi connectivity index (χ1n) is 5.82. The number of hydrogen-bond donors (Lipinski definition) is 3. The second-order valence-corrected chi connectivity index (χ2v) is 5.33. The van der Waals surface area contributed by atoms with E-state index < -0.39 is 0 Å². The molecule has 9 heteroatoms. The van der Waals surface area contributed by atoms with Crippen molar-refractivity contribution in [3.05, 3.63) is 22.4 Å². The molecule has 1 aliphatic rings. The zero-order chi connectivity index (χ0) is 13.4. The summed E-state index contributed by atoms with van der Waals surface area (Å²) in [5.41, 5.74) is 2.28. The fraction of sp³-hybridized carbons (Fsp3) is 0.400. The van der Waals surface area contributed by atoms with Crippen molar-refractivity contribution in [3.8, 4) is 0 Å². The van der Waals surface area contributed by atoms with Gasteiger partial charge in [0.1, 0.15) is 16.7 Å². The van der Waals surface area contributed by atoms with Crippen LogP contribution in [0, 0.1) is 0 Å². The number of H-pyrrole nitrogens is 1. The van der Waals surface area contributed by atoms with E-state index in [2.05, 4.69) is 25.6 Å². The number of nitrogens with two attached hydrogens (primary N) is 1. The molecule has 2 aromatic rings. The number of nitrogens with one attached hydrogen (secondary N) is 2. The lowest BCUT2D eigenvalue weighted by Gasteiger charge is -2.06. The summed E-state index contributed by atoms with van der Waals surface area (Å²) in [4.78, 5) is 20.1. The lowest BCUT2D eigenvalue weighted by atomic mass is 10.4. The second-order valence-electron chi connectivity index (χ2n) is 4.34. The molecule has 1 aliphatic carbocycles. The highest BCUT2D eigenvalue weighted by atomic mass is 32.2. The van der Waals surface area contributed by atoms with Gasteiger partial charge in [-0.3, -0.25) is 4.57 Å². The maximum absolute atomic E-state index is 11.3. The lowest BCUT2D eigenvalue weighted by Crippen LogP contribution is -2.13. The van der Waals surface area contributed by atoms with Crippen molar-refractivity contribution in [2.45, 2.75) is 28.9 Å². The van der Waals surface area contributed by atoms with Crippen molar-refractivity contribution >= 4 is 17.6 Å². The molecule has 2 aromatic heterocycles. The van der Waals surface area contributed by atoms with Crippen LogP contribution in [0.1, 0.15) is 24.6 Å². The lowest BCUT2D eigenvalue weighted by molar-refractivity contribution is 0.763. The Morgan fingerprint density at radius 1 is 1.53 bits per heavy atom. The molecule has 8 nitrogen and oxygen atoms in total. The average molecular weight is 279 g/mol. The maximum Gasteiger partial charge on any atom is 0.343 e. The van der Waals surface area contributed by atoms with Crippen LogP contribution < -0.4 is 17.0 Å². The Labute approximate surface area is 112 Å². The molecule has 3 rings (SSSR count). The predicted octanol–water partition coefficient (Wildman–Crippen LogP) is 0.213. The summed E-state index contributed by atoms with van der Waals surface area (Å²) >= 11 is 1.30. The topological polar surface area (TPSA) is 115 Å². The Morgan fingerprint density at radius 2 is 2.32 bits per heavy atom. The van der Waals surface area contributed by atoms with Crippen molar-refractivity contribution < 1.29 is 0 Å². The van der Waals surface area contributed by atoms with Gasteiger partial charge >= 0.3 is 5.69 Å². The summed E-state index contributed by atoms with van der Waals surface area (Å²) in [5, 5.41) is 7.59. The minimum atomic E-state index is -0.254. The Morgan fingerprint density at radius 3 is 2.89 bits per heavy atom. The van der Waals surface area contributed by atoms with Crippen LogP contribution in [0.15, 0.2) is 21.0 Å². The Balaban J connectivity index is 1.93. The van der Waals surface area contributed by atoms with Gasteiger partial charge in [-0.05, 0) is 24.6 Å². The van der Waals surface area contributed by atoms with Gasteiger partial charge in [0.2, 0.25) is 0 Å². The van der Waals surface area contributed by atoms with Crippen LogP contribution in [-0.4, -0.2) is 24.7 Å². The first-order valence-corrected chi connectivity index (χ1v) is 6.64. The van der Waals surface area contributed by atoms with Crippen LogP contribution in [0.25, 0.3) is 0 Å². The molecule has 1 fully saturated rings. The SMILES string of the molecule is Cn1c(Sc2cc(NN)nc(C3CC3)n2)n[nH]c1=O. The van der Waals surface area contributed by atoms with Gasteiger partial charge in [-0.1, -0.05) is 0 Å². The second kappa shape index (κ2) is 4.67. The van der Waals surface area contributed by atoms with Crippen molar-refractivity contribution in [1.82, 2.24) is 24.7 Å². The molecule has 0 aromatic carbocycles. The van der Waals surface area contributed by atoms with E-state index in [-0.39, 0.29) is 5.69 Å². The zero-order valence-electron chi connectivity index (χ0n) is 10.3. The third-order valence-electron chi connectivity index (χ3n) is 2.84. The smallest absolute Gasteiger partial charge is 0.308 e. The summed E-state index contributed by atoms with van der Waals surface area (Å²) in [6.45, 7) is 0. The molecule has 0 amide bonds. The molecule has 0 spiro atoms. The van der Waals surface area contributed by atoms with Crippen LogP contribution in [0.5, 0.6) is 0 Å². The van der Waals surface area contributed by atoms with E-state index in [1.165, 1.54) is 16.3 Å². The van der Waals surface area contributed by atoms with Gasteiger partial charge in [0.15, 0.2) is 5.16 Å². The van der Waals surface area contributed by atoms with Crippen LogP contribution in [0.4, 0.5) is 5.82 Å². The minimum Gasteiger partial charge on any atom is -0.308 e. The van der Waals surface area contributed by atoms with E-state index in [4.69, 9.17) is 5.84 Å². The number of aromatic amines is 1. The Kier molecular flexibility index (Phi) is 2.99. The van der Waals surface area contributed by atoms with Gasteiger partial charge in [-0.25, -0.2) is 25.7 Å². The van der Waals surface area contributed by atoms with Gasteiger partial charge in [0.05, 0.1) is 0 Å². The van der Waals surface area contributed by atoms with Gasteiger partial charge < -0.3 is 5.43 Å². The van der Waals surface area contributed by atoms with Gasteiger partial charge in [-0.15, -0.1) is 5.10 Å². The normalized spacial score (nSPS) is 14.6. The summed E-state index contributed by atoms with van der Waals surface area (Å²) in [6.07, 6.45) is 2.22. The summed E-state index contributed by atoms with van der Waals surface area (Å²) in [7, 11) is 1.65. The molecular weight excluding hydrogens is 266 g/mol. The maximum atomic E-state index is 11.3. The third-order valence-corrected chi connectivity index (χ3v) is 3.81. The van der Waals surface area contributed by atoms with E-state index in [9.17, 15) is 4.79 Å². The molecule has 2 heterocycles. The monoisotopic (exact) mass is 279 g/mol. The van der Waals surface area contributed by atoms with Crippen molar-refractivity contribution in [3.63, 3.8) is 0 Å². The highest BCUT2D eigenvalue weighted by molar-refractivity contribution is 7.99. The molecular formula is C10H13N7OS. The van der Waals surface area contributed by atoms with Crippen LogP contribution >= 0.6 is 11.8 Å². The molecule has 0 atom stereocenters. The first-order chi connectivity index (χ1) is 9.17. The number of hydrogen-bond acceptors (Lipinski definition) is 7. The number of nitrogen functional groups attached to an aromatic ring is 1. The average Bonchev–Trinajstić information content (AvgIpc) is 3.22. The summed E-state index contributed by atoms with van der Waals surface area (Å²) in [6, 6.07) is 1.73. The molecule has 0 aliphatic heterocycles. The highest BCUT2D eigenvalue weighted by Gasteiger charge is 2.27. The van der Waals surface area contributed by atoms with Crippen molar-refractivity contribution in [2.24, 2.45) is 12.9 Å². The van der Waals surface area contributed by atoms with E-state index in [0.29, 0.717) is 21.9 Å². The molecule has 19 heavy (non-hydrogen) atoms. The van der Waals surface area contributed by atoms with Crippen LogP contribution in [-0.2, 0) is 7.05 Å². The number of hydrazine groups is 1. The molecule has 1 saturated carbocycles. The Hall–Kier alpha value is -1.87. The molecule has 0 bridgehead atoms. The van der Waals surface area contributed by atoms with E-state index >= 15 is 0 Å². The molecule has 0 saturated heterocycles. The van der Waals surface area contributed by atoms with E-state index in [0.717, 1.165) is 18.7 Å². The molecule has 100 valence electrons.